The third kappa shape index (κ3) is 4.40. The first kappa shape index (κ1) is 14.2. The summed E-state index contributed by atoms with van der Waals surface area (Å²) in [6.45, 7) is 6.59. The van der Waals surface area contributed by atoms with Gasteiger partial charge in [-0.25, -0.2) is 0 Å². The zero-order valence-electron chi connectivity index (χ0n) is 11.9. The van der Waals surface area contributed by atoms with Crippen LogP contribution >= 0.6 is 0 Å². The summed E-state index contributed by atoms with van der Waals surface area (Å²) in [4.78, 5) is 2.36. The molecule has 0 spiro atoms. The van der Waals surface area contributed by atoms with Gasteiger partial charge in [0.2, 0.25) is 0 Å². The Kier molecular flexibility index (Phi) is 5.48. The van der Waals surface area contributed by atoms with Crippen molar-refractivity contribution in [2.24, 2.45) is 0 Å². The lowest BCUT2D eigenvalue weighted by atomic mass is 10.2. The summed E-state index contributed by atoms with van der Waals surface area (Å²) in [5, 5.41) is 3.48. The molecule has 1 fully saturated rings. The van der Waals surface area contributed by atoms with Crippen molar-refractivity contribution in [1.29, 1.82) is 0 Å². The van der Waals surface area contributed by atoms with Crippen molar-refractivity contribution in [2.75, 3.05) is 50.2 Å². The fraction of sp³-hybridized carbons (Fsp3) is 0.600. The highest BCUT2D eigenvalue weighted by Gasteiger charge is 2.10. The number of hydrogen-bond donors (Lipinski definition) is 1. The molecule has 1 aliphatic rings. The van der Waals surface area contributed by atoms with E-state index in [9.17, 15) is 0 Å². The summed E-state index contributed by atoms with van der Waals surface area (Å²) in [6, 6.07) is 9.07. The number of nitrogens with zero attached hydrogens (tertiary/aromatic N) is 1. The van der Waals surface area contributed by atoms with Gasteiger partial charge in [0.05, 0.1) is 13.2 Å². The highest BCUT2D eigenvalue weighted by Crippen LogP contribution is 2.19. The normalized spacial score (nSPS) is 17.3. The molecule has 1 saturated heterocycles. The van der Waals surface area contributed by atoms with Gasteiger partial charge < -0.3 is 19.7 Å². The molecule has 1 unspecified atom stereocenters. The summed E-state index contributed by atoms with van der Waals surface area (Å²) in [5.74, 6) is 0. The molecule has 0 radical (unpaired) electrons. The van der Waals surface area contributed by atoms with Crippen LogP contribution in [0, 0.1) is 0 Å². The van der Waals surface area contributed by atoms with Crippen molar-refractivity contribution in [2.45, 2.75) is 19.4 Å². The van der Waals surface area contributed by atoms with E-state index in [0.717, 1.165) is 39.3 Å². The van der Waals surface area contributed by atoms with E-state index < -0.39 is 0 Å². The van der Waals surface area contributed by atoms with Crippen LogP contribution in [0.1, 0.15) is 13.3 Å². The van der Waals surface area contributed by atoms with Gasteiger partial charge in [-0.1, -0.05) is 0 Å². The van der Waals surface area contributed by atoms with Gasteiger partial charge in [0.1, 0.15) is 0 Å². The molecule has 1 aromatic rings. The molecule has 1 heterocycles. The van der Waals surface area contributed by atoms with Crippen LogP contribution in [-0.2, 0) is 9.47 Å². The number of anilines is 2. The Morgan fingerprint density at radius 1 is 1.26 bits per heavy atom. The van der Waals surface area contributed by atoms with Crippen LogP contribution in [0.4, 0.5) is 11.4 Å². The topological polar surface area (TPSA) is 33.7 Å². The van der Waals surface area contributed by atoms with Crippen LogP contribution in [0.15, 0.2) is 24.3 Å². The third-order valence-corrected chi connectivity index (χ3v) is 3.41. The first-order chi connectivity index (χ1) is 9.29. The molecular weight excluding hydrogens is 240 g/mol. The van der Waals surface area contributed by atoms with Crippen molar-refractivity contribution < 1.29 is 9.47 Å². The second-order valence-electron chi connectivity index (χ2n) is 4.97. The van der Waals surface area contributed by atoms with Gasteiger partial charge >= 0.3 is 0 Å². The lowest BCUT2D eigenvalue weighted by Crippen LogP contribution is -2.36. The molecular formula is C15H24N2O2. The Balaban J connectivity index is 1.86. The summed E-state index contributed by atoms with van der Waals surface area (Å²) in [7, 11) is 1.74. The molecule has 19 heavy (non-hydrogen) atoms. The molecule has 0 aromatic heterocycles. The lowest BCUT2D eigenvalue weighted by molar-refractivity contribution is 0.122. The minimum atomic E-state index is 0.425. The molecule has 0 bridgehead atoms. The van der Waals surface area contributed by atoms with Crippen LogP contribution in [0.25, 0.3) is 0 Å². The third-order valence-electron chi connectivity index (χ3n) is 3.41. The number of ether oxygens (including phenoxy) is 2. The van der Waals surface area contributed by atoms with E-state index in [4.69, 9.17) is 9.47 Å². The minimum Gasteiger partial charge on any atom is -0.385 e. The van der Waals surface area contributed by atoms with E-state index in [1.54, 1.807) is 7.11 Å². The number of rotatable bonds is 6. The molecule has 2 rings (SSSR count). The van der Waals surface area contributed by atoms with E-state index in [-0.39, 0.29) is 0 Å². The maximum absolute atomic E-state index is 5.37. The van der Waals surface area contributed by atoms with Gasteiger partial charge in [-0.15, -0.1) is 0 Å². The first-order valence-corrected chi connectivity index (χ1v) is 6.98. The molecule has 1 N–H and O–H groups in total. The summed E-state index contributed by atoms with van der Waals surface area (Å²) in [5.41, 5.74) is 2.44. The Hall–Kier alpha value is -1.26. The average Bonchev–Trinajstić information content (AvgIpc) is 2.47. The van der Waals surface area contributed by atoms with Crippen molar-refractivity contribution in [3.05, 3.63) is 24.3 Å². The molecule has 1 aliphatic heterocycles. The number of benzene rings is 1. The molecule has 1 atom stereocenters. The van der Waals surface area contributed by atoms with Crippen molar-refractivity contribution in [3.8, 4) is 0 Å². The van der Waals surface area contributed by atoms with Crippen LogP contribution < -0.4 is 10.2 Å². The summed E-state index contributed by atoms with van der Waals surface area (Å²) in [6.07, 6.45) is 1.02. The minimum absolute atomic E-state index is 0.425. The lowest BCUT2D eigenvalue weighted by Gasteiger charge is -2.29. The second kappa shape index (κ2) is 7.36. The van der Waals surface area contributed by atoms with E-state index in [1.807, 2.05) is 0 Å². The zero-order chi connectivity index (χ0) is 13.5. The number of nitrogens with one attached hydrogen (secondary N) is 1. The predicted octanol–water partition coefficient (Wildman–Crippen LogP) is 2.36. The van der Waals surface area contributed by atoms with Crippen LogP contribution in [0.5, 0.6) is 0 Å². The zero-order valence-corrected chi connectivity index (χ0v) is 11.9. The van der Waals surface area contributed by atoms with E-state index in [2.05, 4.69) is 41.4 Å². The van der Waals surface area contributed by atoms with Gasteiger partial charge in [-0.2, -0.15) is 0 Å². The Morgan fingerprint density at radius 3 is 2.58 bits per heavy atom. The SMILES string of the molecule is COCCC(C)Nc1ccc(N2CCOCC2)cc1. The smallest absolute Gasteiger partial charge is 0.0642 e. The fourth-order valence-electron chi connectivity index (χ4n) is 2.24. The Morgan fingerprint density at radius 2 is 1.95 bits per heavy atom. The van der Waals surface area contributed by atoms with E-state index >= 15 is 0 Å². The largest absolute Gasteiger partial charge is 0.385 e. The van der Waals surface area contributed by atoms with Crippen LogP contribution in [-0.4, -0.2) is 46.1 Å². The van der Waals surface area contributed by atoms with Gasteiger partial charge in [0.25, 0.3) is 0 Å². The molecule has 106 valence electrons. The second-order valence-corrected chi connectivity index (χ2v) is 4.97. The van der Waals surface area contributed by atoms with Crippen molar-refractivity contribution >= 4 is 11.4 Å². The van der Waals surface area contributed by atoms with Crippen molar-refractivity contribution in [1.82, 2.24) is 0 Å². The Labute approximate surface area is 115 Å². The Bertz CT molecular complexity index is 361. The van der Waals surface area contributed by atoms with E-state index in [0.29, 0.717) is 6.04 Å². The van der Waals surface area contributed by atoms with Gasteiger partial charge in [-0.05, 0) is 37.6 Å². The average molecular weight is 264 g/mol. The first-order valence-electron chi connectivity index (χ1n) is 6.98. The molecule has 1 aromatic carbocycles. The number of morpholine rings is 1. The highest BCUT2D eigenvalue weighted by molar-refractivity contribution is 5.55. The van der Waals surface area contributed by atoms with Gasteiger partial charge in [-0.3, -0.25) is 0 Å². The molecule has 0 saturated carbocycles. The quantitative estimate of drug-likeness (QED) is 0.855. The van der Waals surface area contributed by atoms with Crippen LogP contribution in [0.2, 0.25) is 0 Å². The fourth-order valence-corrected chi connectivity index (χ4v) is 2.24. The summed E-state index contributed by atoms with van der Waals surface area (Å²) < 4.78 is 10.5. The predicted molar refractivity (Wildman–Crippen MR) is 79.1 cm³/mol. The van der Waals surface area contributed by atoms with Gasteiger partial charge in [0, 0.05) is 44.2 Å². The molecule has 0 amide bonds. The maximum atomic E-state index is 5.37. The molecule has 0 aliphatic carbocycles. The van der Waals surface area contributed by atoms with Gasteiger partial charge in [0.15, 0.2) is 0 Å². The summed E-state index contributed by atoms with van der Waals surface area (Å²) >= 11 is 0. The molecule has 4 heteroatoms. The number of methoxy groups -OCH3 is 1. The molecule has 4 nitrogen and oxygen atoms in total. The highest BCUT2D eigenvalue weighted by atomic mass is 16.5. The van der Waals surface area contributed by atoms with Crippen LogP contribution in [0.3, 0.4) is 0 Å². The maximum Gasteiger partial charge on any atom is 0.0642 e. The van der Waals surface area contributed by atoms with E-state index in [1.165, 1.54) is 11.4 Å². The standard InChI is InChI=1S/C15H24N2O2/c1-13(7-10-18-2)16-14-3-5-15(6-4-14)17-8-11-19-12-9-17/h3-6,13,16H,7-12H2,1-2H3. The number of hydrogen-bond acceptors (Lipinski definition) is 4. The van der Waals surface area contributed by atoms with Crippen molar-refractivity contribution in [3.63, 3.8) is 0 Å². The monoisotopic (exact) mass is 264 g/mol.